The number of aromatic carboxylic acids is 1. The zero-order valence-electron chi connectivity index (χ0n) is 15.4. The molecular weight excluding hydrogens is 328 g/mol. The van der Waals surface area contributed by atoms with Gasteiger partial charge in [0.05, 0.1) is 5.56 Å². The number of amides is 1. The molecule has 0 spiro atoms. The van der Waals surface area contributed by atoms with Gasteiger partial charge in [-0.1, -0.05) is 25.1 Å². The highest BCUT2D eigenvalue weighted by Gasteiger charge is 2.23. The van der Waals surface area contributed by atoms with E-state index in [0.717, 1.165) is 45.8 Å². The second kappa shape index (κ2) is 6.67. The smallest absolute Gasteiger partial charge is 0.336 e. The number of aromatic amines is 1. The number of carbonyl (C=O) groups is 2. The summed E-state index contributed by atoms with van der Waals surface area (Å²) in [6, 6.07) is 7.00. The third-order valence-electron chi connectivity index (χ3n) is 4.91. The van der Waals surface area contributed by atoms with Crippen LogP contribution in [-0.2, 0) is 4.79 Å². The van der Waals surface area contributed by atoms with E-state index in [1.807, 2.05) is 45.9 Å². The number of carboxylic acid groups (broad SMARTS) is 1. The van der Waals surface area contributed by atoms with Crippen LogP contribution in [0.4, 0.5) is 0 Å². The van der Waals surface area contributed by atoms with Crippen LogP contribution >= 0.6 is 0 Å². The zero-order chi connectivity index (χ0) is 19.0. The first-order chi connectivity index (χ1) is 12.3. The Morgan fingerprint density at radius 3 is 2.54 bits per heavy atom. The number of carbonyl (C=O) groups excluding carboxylic acids is 1. The summed E-state index contributed by atoms with van der Waals surface area (Å²) in [5, 5.41) is 12.4. The van der Waals surface area contributed by atoms with Crippen molar-refractivity contribution in [2.24, 2.45) is 0 Å². The first-order valence-corrected chi connectivity index (χ1v) is 8.60. The van der Waals surface area contributed by atoms with E-state index in [1.54, 1.807) is 12.1 Å². The Kier molecular flexibility index (Phi) is 4.55. The molecule has 1 aliphatic rings. The Labute approximate surface area is 152 Å². The summed E-state index contributed by atoms with van der Waals surface area (Å²) in [7, 11) is 0. The Balaban J connectivity index is 2.13. The summed E-state index contributed by atoms with van der Waals surface area (Å²) >= 11 is 0. The van der Waals surface area contributed by atoms with Crippen molar-refractivity contribution in [3.63, 3.8) is 0 Å². The fraction of sp³-hybridized carbons (Fsp3) is 0.238. The van der Waals surface area contributed by atoms with Crippen LogP contribution < -0.4 is 5.32 Å². The van der Waals surface area contributed by atoms with E-state index in [1.165, 1.54) is 0 Å². The summed E-state index contributed by atoms with van der Waals surface area (Å²) in [6.07, 6.45) is 2.70. The normalized spacial score (nSPS) is 15.7. The fourth-order valence-corrected chi connectivity index (χ4v) is 3.56. The Bertz CT molecular complexity index is 977. The molecule has 26 heavy (non-hydrogen) atoms. The molecule has 1 aliphatic heterocycles. The molecule has 0 saturated carbocycles. The monoisotopic (exact) mass is 350 g/mol. The number of carboxylic acids is 1. The number of nitrogens with one attached hydrogen (secondary N) is 2. The highest BCUT2D eigenvalue weighted by atomic mass is 16.4. The van der Waals surface area contributed by atoms with Crippen molar-refractivity contribution in [1.29, 1.82) is 0 Å². The number of aromatic nitrogens is 1. The van der Waals surface area contributed by atoms with Gasteiger partial charge in [0.1, 0.15) is 0 Å². The summed E-state index contributed by atoms with van der Waals surface area (Å²) in [5.41, 5.74) is 7.13. The number of aryl methyl sites for hydroxylation is 1. The number of hydrogen-bond acceptors (Lipinski definition) is 2. The Hall–Kier alpha value is -3.08. The molecule has 1 aromatic heterocycles. The SMILES string of the molecule is CCC1=C(C)C(=O)N/C1=C\c1[nH]c(C)c(-c2ccccc2C(=O)O)c1C. The summed E-state index contributed by atoms with van der Waals surface area (Å²) in [6.45, 7) is 7.74. The molecule has 3 rings (SSSR count). The number of H-pyrrole nitrogens is 1. The predicted octanol–water partition coefficient (Wildman–Crippen LogP) is 4.19. The molecule has 134 valence electrons. The zero-order valence-corrected chi connectivity index (χ0v) is 15.4. The van der Waals surface area contributed by atoms with E-state index in [9.17, 15) is 14.7 Å². The standard InChI is InChI=1S/C21H22N2O3/c1-5-14-11(2)20(24)23-18(14)10-17-12(3)19(13(4)22-17)15-8-6-7-9-16(15)21(25)26/h6-10,22H,5H2,1-4H3,(H,23,24)(H,25,26)/b18-10-. The molecule has 0 bridgehead atoms. The highest BCUT2D eigenvalue weighted by Crippen LogP contribution is 2.34. The van der Waals surface area contributed by atoms with E-state index in [4.69, 9.17) is 0 Å². The van der Waals surface area contributed by atoms with Gasteiger partial charge in [0, 0.05) is 28.2 Å². The van der Waals surface area contributed by atoms with Gasteiger partial charge in [-0.05, 0) is 56.0 Å². The van der Waals surface area contributed by atoms with Gasteiger partial charge >= 0.3 is 5.97 Å². The lowest BCUT2D eigenvalue weighted by Gasteiger charge is -2.07. The quantitative estimate of drug-likeness (QED) is 0.773. The summed E-state index contributed by atoms with van der Waals surface area (Å²) in [4.78, 5) is 26.9. The molecule has 0 unspecified atom stereocenters. The third-order valence-corrected chi connectivity index (χ3v) is 4.91. The molecule has 5 heteroatoms. The third kappa shape index (κ3) is 2.86. The second-order valence-corrected chi connectivity index (χ2v) is 6.48. The van der Waals surface area contributed by atoms with Crippen LogP contribution in [-0.4, -0.2) is 22.0 Å². The van der Waals surface area contributed by atoms with Gasteiger partial charge in [0.25, 0.3) is 5.91 Å². The van der Waals surface area contributed by atoms with Crippen molar-refractivity contribution in [3.05, 3.63) is 63.6 Å². The van der Waals surface area contributed by atoms with Crippen LogP contribution in [0.5, 0.6) is 0 Å². The number of allylic oxidation sites excluding steroid dienone is 1. The summed E-state index contributed by atoms with van der Waals surface area (Å²) in [5.74, 6) is -1.01. The lowest BCUT2D eigenvalue weighted by atomic mass is 9.96. The highest BCUT2D eigenvalue weighted by molar-refractivity contribution is 6.01. The molecule has 0 radical (unpaired) electrons. The molecule has 1 aromatic carbocycles. The molecule has 5 nitrogen and oxygen atoms in total. The van der Waals surface area contributed by atoms with E-state index in [-0.39, 0.29) is 11.5 Å². The average molecular weight is 350 g/mol. The van der Waals surface area contributed by atoms with Gasteiger partial charge in [-0.15, -0.1) is 0 Å². The minimum absolute atomic E-state index is 0.0644. The minimum Gasteiger partial charge on any atom is -0.478 e. The van der Waals surface area contributed by atoms with Gasteiger partial charge in [0.15, 0.2) is 0 Å². The maximum absolute atomic E-state index is 12.0. The molecule has 0 fully saturated rings. The van der Waals surface area contributed by atoms with Crippen molar-refractivity contribution in [2.45, 2.75) is 34.1 Å². The molecule has 2 heterocycles. The lowest BCUT2D eigenvalue weighted by Crippen LogP contribution is -2.15. The van der Waals surface area contributed by atoms with Crippen LogP contribution in [0, 0.1) is 13.8 Å². The van der Waals surface area contributed by atoms with E-state index in [2.05, 4.69) is 10.3 Å². The predicted molar refractivity (Wildman–Crippen MR) is 102 cm³/mol. The molecular formula is C21H22N2O3. The first-order valence-electron chi connectivity index (χ1n) is 8.60. The van der Waals surface area contributed by atoms with Crippen LogP contribution in [0.25, 0.3) is 17.2 Å². The van der Waals surface area contributed by atoms with Crippen molar-refractivity contribution in [3.8, 4) is 11.1 Å². The average Bonchev–Trinajstić information content (AvgIpc) is 3.03. The van der Waals surface area contributed by atoms with E-state index >= 15 is 0 Å². The topological polar surface area (TPSA) is 82.2 Å². The van der Waals surface area contributed by atoms with Crippen LogP contribution in [0.15, 0.2) is 41.1 Å². The molecule has 0 saturated heterocycles. The van der Waals surface area contributed by atoms with E-state index in [0.29, 0.717) is 5.56 Å². The van der Waals surface area contributed by atoms with Crippen molar-refractivity contribution < 1.29 is 14.7 Å². The first kappa shape index (κ1) is 17.7. The molecule has 0 atom stereocenters. The molecule has 2 aromatic rings. The van der Waals surface area contributed by atoms with E-state index < -0.39 is 5.97 Å². The van der Waals surface area contributed by atoms with Crippen LogP contribution in [0.1, 0.15) is 47.6 Å². The molecule has 0 aliphatic carbocycles. The van der Waals surface area contributed by atoms with Gasteiger partial charge in [-0.2, -0.15) is 0 Å². The van der Waals surface area contributed by atoms with Gasteiger partial charge in [-0.3, -0.25) is 4.79 Å². The van der Waals surface area contributed by atoms with Crippen molar-refractivity contribution in [1.82, 2.24) is 10.3 Å². The largest absolute Gasteiger partial charge is 0.478 e. The maximum Gasteiger partial charge on any atom is 0.336 e. The Morgan fingerprint density at radius 2 is 1.88 bits per heavy atom. The van der Waals surface area contributed by atoms with Crippen molar-refractivity contribution in [2.75, 3.05) is 0 Å². The number of hydrogen-bond donors (Lipinski definition) is 3. The second-order valence-electron chi connectivity index (χ2n) is 6.48. The number of benzene rings is 1. The molecule has 1 amide bonds. The molecule has 3 N–H and O–H groups in total. The van der Waals surface area contributed by atoms with Gasteiger partial charge in [-0.25, -0.2) is 4.79 Å². The van der Waals surface area contributed by atoms with Gasteiger partial charge in [0.2, 0.25) is 0 Å². The Morgan fingerprint density at radius 1 is 1.19 bits per heavy atom. The minimum atomic E-state index is -0.949. The number of rotatable bonds is 4. The van der Waals surface area contributed by atoms with Crippen LogP contribution in [0.3, 0.4) is 0 Å². The lowest BCUT2D eigenvalue weighted by molar-refractivity contribution is -0.116. The van der Waals surface area contributed by atoms with Crippen LogP contribution in [0.2, 0.25) is 0 Å². The summed E-state index contributed by atoms with van der Waals surface area (Å²) < 4.78 is 0. The maximum atomic E-state index is 12.0. The van der Waals surface area contributed by atoms with Gasteiger partial charge < -0.3 is 15.4 Å². The van der Waals surface area contributed by atoms with Crippen molar-refractivity contribution >= 4 is 18.0 Å². The fourth-order valence-electron chi connectivity index (χ4n) is 3.56.